The third kappa shape index (κ3) is 2.52. The predicted molar refractivity (Wildman–Crippen MR) is 93.9 cm³/mol. The van der Waals surface area contributed by atoms with Crippen LogP contribution in [0.1, 0.15) is 40.1 Å². The van der Waals surface area contributed by atoms with Crippen molar-refractivity contribution in [2.75, 3.05) is 26.2 Å². The molecule has 0 radical (unpaired) electrons. The highest BCUT2D eigenvalue weighted by Gasteiger charge is 2.59. The maximum absolute atomic E-state index is 12.8. The molecule has 140 valence electrons. The fourth-order valence-corrected chi connectivity index (χ4v) is 5.93. The van der Waals surface area contributed by atoms with Gasteiger partial charge in [-0.25, -0.2) is 12.7 Å². The Labute approximate surface area is 155 Å². The summed E-state index contributed by atoms with van der Waals surface area (Å²) in [4.78, 5) is 37.8. The fraction of sp³-hybridized carbons (Fsp3) is 0.562. The second-order valence-corrected chi connectivity index (χ2v) is 9.71. The SMILES string of the molecule is O=C(Cl)c1ccc2n(c1=O)CCN(CC1(S(=O)(=O)N3CCC3)CC1)C2=O. The van der Waals surface area contributed by atoms with Crippen molar-refractivity contribution >= 4 is 32.8 Å². The van der Waals surface area contributed by atoms with E-state index in [9.17, 15) is 22.8 Å². The molecule has 0 atom stereocenters. The van der Waals surface area contributed by atoms with Crippen molar-refractivity contribution in [2.45, 2.75) is 30.6 Å². The zero-order chi connectivity index (χ0) is 18.7. The van der Waals surface area contributed by atoms with Crippen LogP contribution in [0, 0.1) is 0 Å². The molecule has 2 aliphatic heterocycles. The molecule has 1 amide bonds. The van der Waals surface area contributed by atoms with Crippen LogP contribution in [0.3, 0.4) is 0 Å². The molecule has 26 heavy (non-hydrogen) atoms. The van der Waals surface area contributed by atoms with Gasteiger partial charge in [0.15, 0.2) is 0 Å². The van der Waals surface area contributed by atoms with Crippen molar-refractivity contribution in [1.29, 1.82) is 0 Å². The van der Waals surface area contributed by atoms with E-state index >= 15 is 0 Å². The minimum absolute atomic E-state index is 0.134. The molecule has 8 nitrogen and oxygen atoms in total. The van der Waals surface area contributed by atoms with E-state index in [2.05, 4.69) is 0 Å². The van der Waals surface area contributed by atoms with Gasteiger partial charge in [0.2, 0.25) is 10.0 Å². The molecule has 2 fully saturated rings. The second-order valence-electron chi connectivity index (χ2n) is 7.03. The van der Waals surface area contributed by atoms with E-state index in [1.54, 1.807) is 0 Å². The smallest absolute Gasteiger partial charge is 0.270 e. The molecular weight excluding hydrogens is 382 g/mol. The maximum Gasteiger partial charge on any atom is 0.270 e. The third-order valence-electron chi connectivity index (χ3n) is 5.47. The highest BCUT2D eigenvalue weighted by molar-refractivity contribution is 7.90. The number of fused-ring (bicyclic) bond motifs is 1. The van der Waals surface area contributed by atoms with Gasteiger partial charge in [-0.1, -0.05) is 0 Å². The van der Waals surface area contributed by atoms with Crippen LogP contribution in [0.2, 0.25) is 0 Å². The van der Waals surface area contributed by atoms with Crippen molar-refractivity contribution < 1.29 is 18.0 Å². The van der Waals surface area contributed by atoms with Gasteiger partial charge in [-0.2, -0.15) is 0 Å². The molecule has 4 rings (SSSR count). The van der Waals surface area contributed by atoms with Crippen LogP contribution in [0.5, 0.6) is 0 Å². The topological polar surface area (TPSA) is 96.8 Å². The van der Waals surface area contributed by atoms with Crippen LogP contribution in [0.4, 0.5) is 0 Å². The number of hydrogen-bond donors (Lipinski definition) is 0. The van der Waals surface area contributed by atoms with Crippen molar-refractivity contribution in [2.24, 2.45) is 0 Å². The van der Waals surface area contributed by atoms with Crippen molar-refractivity contribution in [3.05, 3.63) is 33.7 Å². The molecule has 0 spiro atoms. The first-order valence-electron chi connectivity index (χ1n) is 8.49. The van der Waals surface area contributed by atoms with Crippen molar-refractivity contribution in [3.8, 4) is 0 Å². The molecule has 0 unspecified atom stereocenters. The first-order chi connectivity index (χ1) is 12.3. The van der Waals surface area contributed by atoms with Gasteiger partial charge in [0.25, 0.3) is 16.7 Å². The van der Waals surface area contributed by atoms with E-state index < -0.39 is 31.5 Å². The number of nitrogens with zero attached hydrogens (tertiary/aromatic N) is 3. The van der Waals surface area contributed by atoms with E-state index in [4.69, 9.17) is 11.6 Å². The van der Waals surface area contributed by atoms with E-state index in [1.807, 2.05) is 0 Å². The van der Waals surface area contributed by atoms with Crippen LogP contribution >= 0.6 is 11.6 Å². The number of rotatable bonds is 5. The zero-order valence-corrected chi connectivity index (χ0v) is 15.6. The monoisotopic (exact) mass is 399 g/mol. The normalized spacial score (nSPS) is 21.9. The predicted octanol–water partition coefficient (Wildman–Crippen LogP) is 0.251. The van der Waals surface area contributed by atoms with Crippen LogP contribution in [-0.2, 0) is 16.6 Å². The van der Waals surface area contributed by atoms with Crippen molar-refractivity contribution in [1.82, 2.24) is 13.8 Å². The Morgan fingerprint density at radius 2 is 1.81 bits per heavy atom. The van der Waals surface area contributed by atoms with E-state index in [1.165, 1.54) is 25.9 Å². The number of pyridine rings is 1. The van der Waals surface area contributed by atoms with Gasteiger partial charge in [-0.05, 0) is 43.0 Å². The lowest BCUT2D eigenvalue weighted by Crippen LogP contribution is -2.54. The van der Waals surface area contributed by atoms with Gasteiger partial charge >= 0.3 is 0 Å². The molecule has 1 aromatic rings. The standard InChI is InChI=1S/C16H18ClN3O5S/c17-13(21)11-2-3-12-15(23)18(8-9-20(12)14(11)22)10-16(4-5-16)26(24,25)19-6-1-7-19/h2-3H,1,4-10H2. The Morgan fingerprint density at radius 1 is 1.12 bits per heavy atom. The fourth-order valence-electron chi connectivity index (χ4n) is 3.56. The molecule has 0 aromatic carbocycles. The number of carbonyl (C=O) groups excluding carboxylic acids is 2. The minimum atomic E-state index is -3.41. The molecule has 0 bridgehead atoms. The zero-order valence-electron chi connectivity index (χ0n) is 14.0. The summed E-state index contributed by atoms with van der Waals surface area (Å²) in [6.07, 6.45) is 1.96. The maximum atomic E-state index is 12.8. The summed E-state index contributed by atoms with van der Waals surface area (Å²) in [7, 11) is -3.41. The molecule has 1 saturated carbocycles. The third-order valence-corrected chi connectivity index (χ3v) is 8.36. The van der Waals surface area contributed by atoms with E-state index in [-0.39, 0.29) is 30.9 Å². The van der Waals surface area contributed by atoms with E-state index in [0.29, 0.717) is 25.9 Å². The quantitative estimate of drug-likeness (QED) is 0.661. The van der Waals surface area contributed by atoms with E-state index in [0.717, 1.165) is 6.42 Å². The molecular formula is C16H18ClN3O5S. The Morgan fingerprint density at radius 3 is 2.35 bits per heavy atom. The van der Waals surface area contributed by atoms with Gasteiger partial charge in [-0.15, -0.1) is 0 Å². The molecule has 1 saturated heterocycles. The molecule has 10 heteroatoms. The van der Waals surface area contributed by atoms with Gasteiger partial charge in [-0.3, -0.25) is 14.4 Å². The lowest BCUT2D eigenvalue weighted by Gasteiger charge is -2.37. The Bertz CT molecular complexity index is 963. The van der Waals surface area contributed by atoms with Crippen LogP contribution < -0.4 is 5.56 Å². The highest BCUT2D eigenvalue weighted by atomic mass is 35.5. The van der Waals surface area contributed by atoms with Gasteiger partial charge in [0.1, 0.15) is 10.4 Å². The van der Waals surface area contributed by atoms with Gasteiger partial charge in [0, 0.05) is 32.7 Å². The molecule has 1 aromatic heterocycles. The summed E-state index contributed by atoms with van der Waals surface area (Å²) in [5.74, 6) is -0.396. The Kier molecular flexibility index (Phi) is 4.01. The summed E-state index contributed by atoms with van der Waals surface area (Å²) in [6.45, 7) is 1.66. The number of aromatic nitrogens is 1. The average molecular weight is 400 g/mol. The van der Waals surface area contributed by atoms with Crippen LogP contribution in [0.25, 0.3) is 0 Å². The summed E-state index contributed by atoms with van der Waals surface area (Å²) in [6, 6.07) is 2.64. The molecule has 3 aliphatic rings. The number of amides is 1. The first-order valence-corrected chi connectivity index (χ1v) is 10.3. The number of carbonyl (C=O) groups is 2. The highest BCUT2D eigenvalue weighted by Crippen LogP contribution is 2.47. The summed E-state index contributed by atoms with van der Waals surface area (Å²) in [5.41, 5.74) is -0.611. The lowest BCUT2D eigenvalue weighted by atomic mass is 10.2. The van der Waals surface area contributed by atoms with Gasteiger partial charge in [0.05, 0.1) is 5.56 Å². The van der Waals surface area contributed by atoms with Crippen molar-refractivity contribution in [3.63, 3.8) is 0 Å². The summed E-state index contributed by atoms with van der Waals surface area (Å²) >= 11 is 5.39. The largest absolute Gasteiger partial charge is 0.334 e. The first kappa shape index (κ1) is 17.7. The van der Waals surface area contributed by atoms with Crippen LogP contribution in [0.15, 0.2) is 16.9 Å². The van der Waals surface area contributed by atoms with Gasteiger partial charge < -0.3 is 9.47 Å². The second kappa shape index (κ2) is 5.90. The minimum Gasteiger partial charge on any atom is -0.334 e. The summed E-state index contributed by atoms with van der Waals surface area (Å²) in [5, 5.41) is -0.863. The molecule has 3 heterocycles. The number of hydrogen-bond acceptors (Lipinski definition) is 5. The average Bonchev–Trinajstić information content (AvgIpc) is 3.29. The molecule has 1 aliphatic carbocycles. The summed E-state index contributed by atoms with van der Waals surface area (Å²) < 4.78 is 27.4. The molecule has 0 N–H and O–H groups in total. The van der Waals surface area contributed by atoms with Crippen LogP contribution in [-0.4, -0.2) is 64.3 Å². The lowest BCUT2D eigenvalue weighted by molar-refractivity contribution is 0.0694. The Hall–Kier alpha value is -1.71. The Balaban J connectivity index is 1.60. The number of sulfonamides is 1. The number of halogens is 1.